The van der Waals surface area contributed by atoms with E-state index in [2.05, 4.69) is 0 Å². The van der Waals surface area contributed by atoms with E-state index >= 15 is 0 Å². The second-order valence-electron chi connectivity index (χ2n) is 2.97. The quantitative estimate of drug-likeness (QED) is 0.655. The largest absolute Gasteiger partial charge is 0.508 e. The van der Waals surface area contributed by atoms with Crippen molar-refractivity contribution in [3.8, 4) is 5.75 Å². The average Bonchev–Trinajstić information content (AvgIpc) is 2.15. The summed E-state index contributed by atoms with van der Waals surface area (Å²) in [5.41, 5.74) is 0.770. The molecule has 0 saturated heterocycles. The molecule has 0 fully saturated rings. The van der Waals surface area contributed by atoms with Crippen molar-refractivity contribution in [2.24, 2.45) is 0 Å². The molecular weight excluding hydrogens is 168 g/mol. The molecule has 1 aromatic carbocycles. The fraction of sp³-hybridized carbons (Fsp3) is 0.400. The van der Waals surface area contributed by atoms with E-state index in [4.69, 9.17) is 10.2 Å². The van der Waals surface area contributed by atoms with Crippen molar-refractivity contribution in [3.05, 3.63) is 29.8 Å². The SMILES string of the molecule is OCCC[C@H](O)c1ccc(O)cc1. The average molecular weight is 182 g/mol. The van der Waals surface area contributed by atoms with Gasteiger partial charge >= 0.3 is 0 Å². The summed E-state index contributed by atoms with van der Waals surface area (Å²) in [6.45, 7) is 0.0924. The zero-order valence-electron chi connectivity index (χ0n) is 7.35. The van der Waals surface area contributed by atoms with Crippen LogP contribution in [0.1, 0.15) is 24.5 Å². The van der Waals surface area contributed by atoms with Gasteiger partial charge in [-0.3, -0.25) is 0 Å². The summed E-state index contributed by atoms with van der Waals surface area (Å²) in [6.07, 6.45) is 0.580. The Kier molecular flexibility index (Phi) is 3.73. The Labute approximate surface area is 77.3 Å². The maximum atomic E-state index is 9.55. The maximum absolute atomic E-state index is 9.55. The number of aliphatic hydroxyl groups is 2. The van der Waals surface area contributed by atoms with Gasteiger partial charge in [0.25, 0.3) is 0 Å². The highest BCUT2D eigenvalue weighted by Crippen LogP contribution is 2.20. The van der Waals surface area contributed by atoms with Crippen LogP contribution in [0.4, 0.5) is 0 Å². The molecule has 0 radical (unpaired) electrons. The number of hydrogen-bond acceptors (Lipinski definition) is 3. The van der Waals surface area contributed by atoms with Crippen molar-refractivity contribution >= 4 is 0 Å². The fourth-order valence-electron chi connectivity index (χ4n) is 1.15. The third-order valence-electron chi connectivity index (χ3n) is 1.91. The predicted molar refractivity (Wildman–Crippen MR) is 49.4 cm³/mol. The summed E-state index contributed by atoms with van der Waals surface area (Å²) in [5, 5.41) is 27.1. The molecule has 0 aliphatic carbocycles. The van der Waals surface area contributed by atoms with E-state index in [0.29, 0.717) is 12.8 Å². The molecule has 1 atom stereocenters. The Morgan fingerprint density at radius 2 is 1.77 bits per heavy atom. The van der Waals surface area contributed by atoms with Gasteiger partial charge in [-0.15, -0.1) is 0 Å². The Hall–Kier alpha value is -1.06. The van der Waals surface area contributed by atoms with Gasteiger partial charge in [-0.05, 0) is 30.5 Å². The van der Waals surface area contributed by atoms with Gasteiger partial charge in [0.15, 0.2) is 0 Å². The number of hydrogen-bond donors (Lipinski definition) is 3. The van der Waals surface area contributed by atoms with E-state index < -0.39 is 6.10 Å². The van der Waals surface area contributed by atoms with E-state index in [0.717, 1.165) is 5.56 Å². The van der Waals surface area contributed by atoms with Crippen molar-refractivity contribution < 1.29 is 15.3 Å². The first-order valence-corrected chi connectivity index (χ1v) is 4.32. The molecule has 3 nitrogen and oxygen atoms in total. The molecule has 3 N–H and O–H groups in total. The molecule has 72 valence electrons. The van der Waals surface area contributed by atoms with Crippen LogP contribution < -0.4 is 0 Å². The smallest absolute Gasteiger partial charge is 0.115 e. The molecule has 3 heteroatoms. The van der Waals surface area contributed by atoms with Gasteiger partial charge < -0.3 is 15.3 Å². The van der Waals surface area contributed by atoms with Crippen LogP contribution in [0.5, 0.6) is 5.75 Å². The highest BCUT2D eigenvalue weighted by atomic mass is 16.3. The molecule has 0 spiro atoms. The Morgan fingerprint density at radius 3 is 2.31 bits per heavy atom. The molecular formula is C10H14O3. The van der Waals surface area contributed by atoms with E-state index in [-0.39, 0.29) is 12.4 Å². The summed E-state index contributed by atoms with van der Waals surface area (Å²) >= 11 is 0. The first-order valence-electron chi connectivity index (χ1n) is 4.32. The van der Waals surface area contributed by atoms with Gasteiger partial charge in [0.05, 0.1) is 6.10 Å². The van der Waals surface area contributed by atoms with Crippen LogP contribution in [0.2, 0.25) is 0 Å². The van der Waals surface area contributed by atoms with Crippen molar-refractivity contribution in [3.63, 3.8) is 0 Å². The van der Waals surface area contributed by atoms with Crippen LogP contribution in [-0.4, -0.2) is 21.9 Å². The lowest BCUT2D eigenvalue weighted by Gasteiger charge is -2.09. The molecule has 0 bridgehead atoms. The van der Waals surface area contributed by atoms with E-state index in [1.165, 1.54) is 12.1 Å². The number of aliphatic hydroxyl groups excluding tert-OH is 2. The summed E-state index contributed by atoms with van der Waals surface area (Å²) in [7, 11) is 0. The molecule has 1 rings (SSSR count). The summed E-state index contributed by atoms with van der Waals surface area (Å²) in [4.78, 5) is 0. The Bertz CT molecular complexity index is 243. The second kappa shape index (κ2) is 4.84. The lowest BCUT2D eigenvalue weighted by Crippen LogP contribution is -1.98. The van der Waals surface area contributed by atoms with Crippen LogP contribution >= 0.6 is 0 Å². The zero-order chi connectivity index (χ0) is 9.68. The zero-order valence-corrected chi connectivity index (χ0v) is 7.35. The minimum atomic E-state index is -0.548. The molecule has 0 amide bonds. The van der Waals surface area contributed by atoms with Gasteiger partial charge in [-0.1, -0.05) is 12.1 Å². The van der Waals surface area contributed by atoms with Crippen LogP contribution in [-0.2, 0) is 0 Å². The molecule has 1 aromatic rings. The van der Waals surface area contributed by atoms with Gasteiger partial charge in [-0.2, -0.15) is 0 Å². The van der Waals surface area contributed by atoms with Crippen LogP contribution in [0, 0.1) is 0 Å². The molecule has 0 aliphatic heterocycles. The third-order valence-corrected chi connectivity index (χ3v) is 1.91. The molecule has 0 unspecified atom stereocenters. The minimum absolute atomic E-state index is 0.0924. The number of phenolic OH excluding ortho intramolecular Hbond substituents is 1. The van der Waals surface area contributed by atoms with E-state index in [9.17, 15) is 5.11 Å². The highest BCUT2D eigenvalue weighted by Gasteiger charge is 2.05. The highest BCUT2D eigenvalue weighted by molar-refractivity contribution is 5.27. The number of benzene rings is 1. The van der Waals surface area contributed by atoms with Gasteiger partial charge in [0.2, 0.25) is 0 Å². The van der Waals surface area contributed by atoms with E-state index in [1.54, 1.807) is 12.1 Å². The van der Waals surface area contributed by atoms with Gasteiger partial charge in [0, 0.05) is 6.61 Å². The van der Waals surface area contributed by atoms with Crippen molar-refractivity contribution in [1.82, 2.24) is 0 Å². The first-order chi connectivity index (χ1) is 6.24. The molecule has 0 aromatic heterocycles. The molecule has 0 saturated carbocycles. The summed E-state index contributed by atoms with van der Waals surface area (Å²) in [6, 6.07) is 6.43. The summed E-state index contributed by atoms with van der Waals surface area (Å²) in [5.74, 6) is 0.193. The normalized spacial score (nSPS) is 12.8. The van der Waals surface area contributed by atoms with Crippen molar-refractivity contribution in [2.45, 2.75) is 18.9 Å². The molecule has 0 heterocycles. The van der Waals surface area contributed by atoms with Crippen molar-refractivity contribution in [2.75, 3.05) is 6.61 Å². The molecule has 0 aliphatic rings. The van der Waals surface area contributed by atoms with Crippen LogP contribution in [0.15, 0.2) is 24.3 Å². The fourth-order valence-corrected chi connectivity index (χ4v) is 1.15. The standard InChI is InChI=1S/C10H14O3/c11-7-1-2-10(13)8-3-5-9(12)6-4-8/h3-6,10-13H,1-2,7H2/t10-/m0/s1. The van der Waals surface area contributed by atoms with Crippen LogP contribution in [0.3, 0.4) is 0 Å². The van der Waals surface area contributed by atoms with Crippen molar-refractivity contribution in [1.29, 1.82) is 0 Å². The maximum Gasteiger partial charge on any atom is 0.115 e. The lowest BCUT2D eigenvalue weighted by molar-refractivity contribution is 0.152. The van der Waals surface area contributed by atoms with Crippen LogP contribution in [0.25, 0.3) is 0 Å². The number of aromatic hydroxyl groups is 1. The second-order valence-corrected chi connectivity index (χ2v) is 2.97. The van der Waals surface area contributed by atoms with Gasteiger partial charge in [0.1, 0.15) is 5.75 Å². The lowest BCUT2D eigenvalue weighted by atomic mass is 10.1. The predicted octanol–water partition coefficient (Wildman–Crippen LogP) is 1.20. The molecule has 13 heavy (non-hydrogen) atoms. The topological polar surface area (TPSA) is 60.7 Å². The van der Waals surface area contributed by atoms with E-state index in [1.807, 2.05) is 0 Å². The third kappa shape index (κ3) is 3.05. The van der Waals surface area contributed by atoms with Gasteiger partial charge in [-0.25, -0.2) is 0 Å². The summed E-state index contributed by atoms with van der Waals surface area (Å²) < 4.78 is 0. The Balaban J connectivity index is 2.55. The number of phenols is 1. The number of rotatable bonds is 4. The monoisotopic (exact) mass is 182 g/mol. The Morgan fingerprint density at radius 1 is 1.15 bits per heavy atom. The first kappa shape index (κ1) is 10.0. The minimum Gasteiger partial charge on any atom is -0.508 e.